The predicted molar refractivity (Wildman–Crippen MR) is 98.1 cm³/mol. The summed E-state index contributed by atoms with van der Waals surface area (Å²) in [4.78, 5) is 0. The van der Waals surface area contributed by atoms with E-state index in [2.05, 4.69) is 5.32 Å². The zero-order valence-corrected chi connectivity index (χ0v) is 15.0. The molecule has 25 heavy (non-hydrogen) atoms. The largest absolute Gasteiger partial charge is 0.504 e. The van der Waals surface area contributed by atoms with Gasteiger partial charge >= 0.3 is 0 Å². The van der Waals surface area contributed by atoms with Crippen LogP contribution in [0.25, 0.3) is 0 Å². The Morgan fingerprint density at radius 3 is 2.20 bits per heavy atom. The number of aromatic hydroxyl groups is 2. The topological polar surface area (TPSA) is 91.2 Å². The standard InChI is InChI=1S/C18H23NO5.ClH/c1-23-17-9-12(3-5-14(17)20)7-8-19-11-16(22)13-4-6-15(21)18(10-13)24-2;/h3-6,9-10,16,19-22H,7-8,11H2,1-2H3;1H/t16-;/m0./s1. The van der Waals surface area contributed by atoms with Crippen LogP contribution in [0.2, 0.25) is 0 Å². The van der Waals surface area contributed by atoms with Gasteiger partial charge in [-0.3, -0.25) is 0 Å². The summed E-state index contributed by atoms with van der Waals surface area (Å²) in [6, 6.07) is 10.0. The van der Waals surface area contributed by atoms with E-state index in [4.69, 9.17) is 9.47 Å². The maximum Gasteiger partial charge on any atom is 0.160 e. The second-order valence-corrected chi connectivity index (χ2v) is 5.41. The van der Waals surface area contributed by atoms with Crippen molar-refractivity contribution >= 4 is 12.4 Å². The smallest absolute Gasteiger partial charge is 0.160 e. The molecule has 138 valence electrons. The van der Waals surface area contributed by atoms with E-state index in [-0.39, 0.29) is 23.9 Å². The summed E-state index contributed by atoms with van der Waals surface area (Å²) >= 11 is 0. The van der Waals surface area contributed by atoms with Gasteiger partial charge in [-0.15, -0.1) is 12.4 Å². The first kappa shape index (κ1) is 20.9. The highest BCUT2D eigenvalue weighted by Crippen LogP contribution is 2.29. The number of aliphatic hydroxyl groups is 1. The molecule has 6 nitrogen and oxygen atoms in total. The summed E-state index contributed by atoms with van der Waals surface area (Å²) in [5.41, 5.74) is 1.70. The van der Waals surface area contributed by atoms with Gasteiger partial charge in [0.05, 0.1) is 20.3 Å². The molecule has 1 atom stereocenters. The maximum absolute atomic E-state index is 10.2. The molecule has 0 radical (unpaired) electrons. The molecule has 0 heterocycles. The Balaban J connectivity index is 0.00000312. The van der Waals surface area contributed by atoms with E-state index >= 15 is 0 Å². The van der Waals surface area contributed by atoms with E-state index in [0.717, 1.165) is 12.0 Å². The molecular weight excluding hydrogens is 346 g/mol. The lowest BCUT2D eigenvalue weighted by atomic mass is 10.1. The van der Waals surface area contributed by atoms with E-state index in [1.165, 1.54) is 20.3 Å². The van der Waals surface area contributed by atoms with Crippen LogP contribution in [0.15, 0.2) is 36.4 Å². The molecule has 0 saturated heterocycles. The van der Waals surface area contributed by atoms with E-state index in [1.807, 2.05) is 6.07 Å². The lowest BCUT2D eigenvalue weighted by molar-refractivity contribution is 0.174. The minimum atomic E-state index is -0.700. The molecule has 2 rings (SSSR count). The Morgan fingerprint density at radius 1 is 0.960 bits per heavy atom. The van der Waals surface area contributed by atoms with Crippen LogP contribution in [-0.2, 0) is 6.42 Å². The highest BCUT2D eigenvalue weighted by Gasteiger charge is 2.10. The highest BCUT2D eigenvalue weighted by atomic mass is 35.5. The first-order valence-electron chi connectivity index (χ1n) is 7.66. The second kappa shape index (κ2) is 9.98. The zero-order chi connectivity index (χ0) is 17.5. The summed E-state index contributed by atoms with van der Waals surface area (Å²) < 4.78 is 10.1. The SMILES string of the molecule is COc1cc(CCNC[C@H](O)c2ccc(O)c(OC)c2)ccc1O.Cl. The van der Waals surface area contributed by atoms with Crippen molar-refractivity contribution in [3.63, 3.8) is 0 Å². The molecule has 0 saturated carbocycles. The Morgan fingerprint density at radius 2 is 1.56 bits per heavy atom. The highest BCUT2D eigenvalue weighted by molar-refractivity contribution is 5.85. The summed E-state index contributed by atoms with van der Waals surface area (Å²) in [6.45, 7) is 1.04. The number of rotatable bonds is 8. The molecule has 0 amide bonds. The third-order valence-electron chi connectivity index (χ3n) is 3.76. The molecule has 0 aromatic heterocycles. The number of phenolic OH excluding ortho intramolecular Hbond substituents is 2. The van der Waals surface area contributed by atoms with Crippen molar-refractivity contribution < 1.29 is 24.8 Å². The van der Waals surface area contributed by atoms with Crippen molar-refractivity contribution in [2.24, 2.45) is 0 Å². The Kier molecular flexibility index (Phi) is 8.34. The minimum absolute atomic E-state index is 0. The van der Waals surface area contributed by atoms with Crippen molar-refractivity contribution in [1.82, 2.24) is 5.32 Å². The number of ether oxygens (including phenoxy) is 2. The van der Waals surface area contributed by atoms with Gasteiger partial charge < -0.3 is 30.1 Å². The Bertz CT molecular complexity index is 681. The van der Waals surface area contributed by atoms with Gasteiger partial charge in [-0.25, -0.2) is 0 Å². The Labute approximate surface area is 153 Å². The second-order valence-electron chi connectivity index (χ2n) is 5.41. The van der Waals surface area contributed by atoms with Crippen molar-refractivity contribution in [1.29, 1.82) is 0 Å². The predicted octanol–water partition coefficient (Wildman–Crippen LogP) is 2.40. The number of hydrogen-bond donors (Lipinski definition) is 4. The van der Waals surface area contributed by atoms with Crippen molar-refractivity contribution in [2.45, 2.75) is 12.5 Å². The summed E-state index contributed by atoms with van der Waals surface area (Å²) in [6.07, 6.45) is 0.0382. The van der Waals surface area contributed by atoms with Gasteiger partial charge in [-0.2, -0.15) is 0 Å². The van der Waals surface area contributed by atoms with Crippen LogP contribution in [0.4, 0.5) is 0 Å². The fourth-order valence-corrected chi connectivity index (χ4v) is 2.37. The van der Waals surface area contributed by atoms with Gasteiger partial charge in [-0.05, 0) is 48.4 Å². The van der Waals surface area contributed by atoms with Crippen LogP contribution >= 0.6 is 12.4 Å². The Hall–Kier alpha value is -2.15. The molecule has 0 bridgehead atoms. The van der Waals surface area contributed by atoms with Gasteiger partial charge in [0.2, 0.25) is 0 Å². The molecule has 0 aliphatic heterocycles. The third-order valence-corrected chi connectivity index (χ3v) is 3.76. The van der Waals surface area contributed by atoms with Crippen molar-refractivity contribution in [3.8, 4) is 23.0 Å². The first-order valence-corrected chi connectivity index (χ1v) is 7.66. The number of phenols is 2. The lowest BCUT2D eigenvalue weighted by Gasteiger charge is -2.14. The normalized spacial score (nSPS) is 11.5. The van der Waals surface area contributed by atoms with Crippen LogP contribution in [0, 0.1) is 0 Å². The minimum Gasteiger partial charge on any atom is -0.504 e. The fourth-order valence-electron chi connectivity index (χ4n) is 2.37. The van der Waals surface area contributed by atoms with Crippen LogP contribution in [0.1, 0.15) is 17.2 Å². The molecule has 0 unspecified atom stereocenters. The number of nitrogens with one attached hydrogen (secondary N) is 1. The summed E-state index contributed by atoms with van der Waals surface area (Å²) in [7, 11) is 2.98. The number of hydrogen-bond acceptors (Lipinski definition) is 6. The van der Waals surface area contributed by atoms with Crippen molar-refractivity contribution in [2.75, 3.05) is 27.3 Å². The molecule has 2 aromatic carbocycles. The number of aliphatic hydroxyl groups excluding tert-OH is 1. The van der Waals surface area contributed by atoms with Gasteiger partial charge in [0.15, 0.2) is 23.0 Å². The van der Waals surface area contributed by atoms with Crippen LogP contribution in [-0.4, -0.2) is 42.6 Å². The molecule has 0 fully saturated rings. The van der Waals surface area contributed by atoms with E-state index < -0.39 is 6.10 Å². The average Bonchev–Trinajstić information content (AvgIpc) is 2.60. The lowest BCUT2D eigenvalue weighted by Crippen LogP contribution is -2.23. The maximum atomic E-state index is 10.2. The average molecular weight is 370 g/mol. The van der Waals surface area contributed by atoms with E-state index in [1.54, 1.807) is 24.3 Å². The van der Waals surface area contributed by atoms with Crippen LogP contribution < -0.4 is 14.8 Å². The zero-order valence-electron chi connectivity index (χ0n) is 14.2. The van der Waals surface area contributed by atoms with Crippen LogP contribution in [0.5, 0.6) is 23.0 Å². The fraction of sp³-hybridized carbons (Fsp3) is 0.333. The molecule has 2 aromatic rings. The molecule has 7 heteroatoms. The van der Waals surface area contributed by atoms with Gasteiger partial charge in [0.1, 0.15) is 0 Å². The molecule has 4 N–H and O–H groups in total. The number of benzene rings is 2. The summed E-state index contributed by atoms with van der Waals surface area (Å²) in [5.74, 6) is 0.944. The molecule has 0 aliphatic carbocycles. The molecular formula is C18H24ClNO5. The molecule has 0 spiro atoms. The quantitative estimate of drug-likeness (QED) is 0.534. The van der Waals surface area contributed by atoms with Crippen molar-refractivity contribution in [3.05, 3.63) is 47.5 Å². The van der Waals surface area contributed by atoms with E-state index in [9.17, 15) is 15.3 Å². The first-order chi connectivity index (χ1) is 11.5. The monoisotopic (exact) mass is 369 g/mol. The van der Waals surface area contributed by atoms with Gasteiger partial charge in [-0.1, -0.05) is 12.1 Å². The number of halogens is 1. The summed E-state index contributed by atoms with van der Waals surface area (Å²) in [5, 5.41) is 32.5. The third kappa shape index (κ3) is 5.70. The number of methoxy groups -OCH3 is 2. The van der Waals surface area contributed by atoms with Gasteiger partial charge in [0, 0.05) is 6.54 Å². The molecule has 0 aliphatic rings. The van der Waals surface area contributed by atoms with Gasteiger partial charge in [0.25, 0.3) is 0 Å². The van der Waals surface area contributed by atoms with E-state index in [0.29, 0.717) is 30.2 Å². The van der Waals surface area contributed by atoms with Crippen LogP contribution in [0.3, 0.4) is 0 Å².